The molecule has 1 nitrogen and oxygen atoms in total. The van der Waals surface area contributed by atoms with Crippen molar-refractivity contribution in [3.63, 3.8) is 0 Å². The fraction of sp³-hybridized carbons (Fsp3) is 0.510. The predicted molar refractivity (Wildman–Crippen MR) is 215 cm³/mol. The Morgan fingerprint density at radius 2 is 0.960 bits per heavy atom. The number of rotatable bonds is 10. The van der Waals surface area contributed by atoms with Gasteiger partial charge in [0.1, 0.15) is 0 Å². The number of hydrogen-bond acceptors (Lipinski definition) is 1. The molecule has 0 unspecified atom stereocenters. The molecular formula is C49H61N. The largest absolute Gasteiger partial charge is 0.310 e. The van der Waals surface area contributed by atoms with E-state index in [-0.39, 0.29) is 5.41 Å². The number of fused-ring (bicyclic) bond motifs is 3. The van der Waals surface area contributed by atoms with Crippen molar-refractivity contribution in [3.05, 3.63) is 113 Å². The van der Waals surface area contributed by atoms with Gasteiger partial charge in [0.2, 0.25) is 0 Å². The molecule has 4 aromatic carbocycles. The summed E-state index contributed by atoms with van der Waals surface area (Å²) in [6, 6.07) is 34.7. The molecule has 4 aliphatic carbocycles. The molecule has 3 saturated carbocycles. The molecule has 0 heterocycles. The minimum absolute atomic E-state index is 0.0825. The fourth-order valence-corrected chi connectivity index (χ4v) is 11.0. The summed E-state index contributed by atoms with van der Waals surface area (Å²) < 4.78 is 0. The lowest BCUT2D eigenvalue weighted by molar-refractivity contribution is 0.435. The lowest BCUT2D eigenvalue weighted by atomic mass is 9.71. The van der Waals surface area contributed by atoms with Gasteiger partial charge in [-0.1, -0.05) is 133 Å². The van der Waals surface area contributed by atoms with Gasteiger partial charge in [0.05, 0.1) is 0 Å². The van der Waals surface area contributed by atoms with Gasteiger partial charge in [-0.2, -0.15) is 0 Å². The number of anilines is 3. The van der Waals surface area contributed by atoms with E-state index in [9.17, 15) is 0 Å². The second-order valence-corrected chi connectivity index (χ2v) is 16.6. The molecule has 8 rings (SSSR count). The molecule has 0 aromatic heterocycles. The number of nitrogens with zero attached hydrogens (tertiary/aromatic N) is 1. The maximum absolute atomic E-state index is 2.66. The minimum Gasteiger partial charge on any atom is -0.310 e. The van der Waals surface area contributed by atoms with E-state index in [0.29, 0.717) is 11.8 Å². The molecule has 0 bridgehead atoms. The van der Waals surface area contributed by atoms with E-state index in [1.807, 2.05) is 0 Å². The number of hydrogen-bond donors (Lipinski definition) is 0. The van der Waals surface area contributed by atoms with Crippen molar-refractivity contribution in [1.29, 1.82) is 0 Å². The van der Waals surface area contributed by atoms with Gasteiger partial charge in [-0.05, 0) is 144 Å². The predicted octanol–water partition coefficient (Wildman–Crippen LogP) is 15.2. The van der Waals surface area contributed by atoms with Crippen LogP contribution in [0.25, 0.3) is 11.1 Å². The summed E-state index contributed by atoms with van der Waals surface area (Å²) in [4.78, 5) is 2.66. The van der Waals surface area contributed by atoms with Gasteiger partial charge in [0, 0.05) is 22.5 Å². The van der Waals surface area contributed by atoms with Gasteiger partial charge in [-0.25, -0.2) is 0 Å². The van der Waals surface area contributed by atoms with Crippen LogP contribution in [0.2, 0.25) is 0 Å². The van der Waals surface area contributed by atoms with E-state index >= 15 is 0 Å². The standard InChI is InChI=1S/C49H61N/c1-3-30-49(31-4-2)47-23-15-14-22-45(47)46-29-28-43(35-48(46)49)50(42-26-24-39(25-27-42)36-16-8-5-9-17-36)44-33-40(37-18-10-6-11-19-37)32-41(34-44)38-20-12-7-13-21-38/h14-15,22-29,32-38H,3-13,16-21,30-31H2,1-2H3. The van der Waals surface area contributed by atoms with Crippen LogP contribution in [0, 0.1) is 0 Å². The van der Waals surface area contributed by atoms with Gasteiger partial charge < -0.3 is 4.90 Å². The zero-order valence-corrected chi connectivity index (χ0v) is 31.2. The Morgan fingerprint density at radius 3 is 1.52 bits per heavy atom. The molecule has 50 heavy (non-hydrogen) atoms. The first-order valence-corrected chi connectivity index (χ1v) is 21.0. The van der Waals surface area contributed by atoms with Crippen molar-refractivity contribution in [2.24, 2.45) is 0 Å². The van der Waals surface area contributed by atoms with Crippen molar-refractivity contribution in [2.45, 2.75) is 159 Å². The second kappa shape index (κ2) is 15.1. The van der Waals surface area contributed by atoms with Crippen LogP contribution in [-0.2, 0) is 5.41 Å². The van der Waals surface area contributed by atoms with Crippen LogP contribution in [-0.4, -0.2) is 0 Å². The maximum Gasteiger partial charge on any atom is 0.0467 e. The quantitative estimate of drug-likeness (QED) is 0.163. The summed E-state index contributed by atoms with van der Waals surface area (Å²) in [5.41, 5.74) is 14.9. The van der Waals surface area contributed by atoms with Crippen molar-refractivity contribution in [1.82, 2.24) is 0 Å². The Labute approximate surface area is 303 Å². The Kier molecular flexibility index (Phi) is 10.2. The van der Waals surface area contributed by atoms with E-state index < -0.39 is 0 Å². The first kappa shape index (κ1) is 33.8. The molecule has 0 radical (unpaired) electrons. The average molecular weight is 664 g/mol. The monoisotopic (exact) mass is 663 g/mol. The van der Waals surface area contributed by atoms with Crippen molar-refractivity contribution in [2.75, 3.05) is 4.90 Å². The van der Waals surface area contributed by atoms with Crippen LogP contribution in [0.3, 0.4) is 0 Å². The summed E-state index contributed by atoms with van der Waals surface area (Å²) in [6.45, 7) is 4.76. The van der Waals surface area contributed by atoms with E-state index in [1.54, 1.807) is 27.8 Å². The molecule has 0 spiro atoms. The third kappa shape index (κ3) is 6.48. The van der Waals surface area contributed by atoms with Crippen molar-refractivity contribution >= 4 is 17.1 Å². The van der Waals surface area contributed by atoms with E-state index in [1.165, 1.54) is 150 Å². The zero-order chi connectivity index (χ0) is 33.9. The van der Waals surface area contributed by atoms with Crippen LogP contribution in [0.15, 0.2) is 84.9 Å². The van der Waals surface area contributed by atoms with Gasteiger partial charge in [-0.3, -0.25) is 0 Å². The Bertz CT molecular complexity index is 1690. The third-order valence-electron chi connectivity index (χ3n) is 13.5. The van der Waals surface area contributed by atoms with E-state index in [2.05, 4.69) is 104 Å². The van der Waals surface area contributed by atoms with Gasteiger partial charge >= 0.3 is 0 Å². The molecule has 0 amide bonds. The second-order valence-electron chi connectivity index (χ2n) is 16.6. The number of benzene rings is 4. The third-order valence-corrected chi connectivity index (χ3v) is 13.5. The van der Waals surface area contributed by atoms with Crippen LogP contribution in [0.5, 0.6) is 0 Å². The molecule has 0 N–H and O–H groups in total. The summed E-state index contributed by atoms with van der Waals surface area (Å²) in [5, 5.41) is 0. The lowest BCUT2D eigenvalue weighted by Gasteiger charge is -2.34. The molecule has 0 saturated heterocycles. The Balaban J connectivity index is 1.29. The highest BCUT2D eigenvalue weighted by atomic mass is 15.1. The maximum atomic E-state index is 2.66. The lowest BCUT2D eigenvalue weighted by Crippen LogP contribution is -2.25. The zero-order valence-electron chi connectivity index (χ0n) is 31.2. The van der Waals surface area contributed by atoms with Crippen molar-refractivity contribution < 1.29 is 0 Å². The Morgan fingerprint density at radius 1 is 0.460 bits per heavy atom. The summed E-state index contributed by atoms with van der Waals surface area (Å²) in [7, 11) is 0. The molecule has 4 aromatic rings. The van der Waals surface area contributed by atoms with Gasteiger partial charge in [-0.15, -0.1) is 0 Å². The molecule has 1 heteroatoms. The summed E-state index contributed by atoms with van der Waals surface area (Å²) in [6.07, 6.45) is 25.3. The molecule has 3 fully saturated rings. The normalized spacial score (nSPS) is 19.6. The first-order chi connectivity index (χ1) is 24.7. The SMILES string of the molecule is CCCC1(CCC)c2ccccc2-c2ccc(N(c3ccc(C4CCCCC4)cc3)c3cc(C4CCCCC4)cc(C4CCCCC4)c3)cc21. The molecule has 262 valence electrons. The molecular weight excluding hydrogens is 603 g/mol. The molecule has 0 atom stereocenters. The summed E-state index contributed by atoms with van der Waals surface area (Å²) in [5.74, 6) is 2.11. The van der Waals surface area contributed by atoms with E-state index in [4.69, 9.17) is 0 Å². The highest BCUT2D eigenvalue weighted by Gasteiger charge is 2.42. The Hall–Kier alpha value is -3.32. The van der Waals surface area contributed by atoms with Crippen LogP contribution in [0.1, 0.15) is 181 Å². The summed E-state index contributed by atoms with van der Waals surface area (Å²) >= 11 is 0. The topological polar surface area (TPSA) is 3.24 Å². The first-order valence-electron chi connectivity index (χ1n) is 21.0. The van der Waals surface area contributed by atoms with Crippen LogP contribution in [0.4, 0.5) is 17.1 Å². The minimum atomic E-state index is 0.0825. The van der Waals surface area contributed by atoms with Crippen LogP contribution >= 0.6 is 0 Å². The van der Waals surface area contributed by atoms with Gasteiger partial charge in [0.25, 0.3) is 0 Å². The van der Waals surface area contributed by atoms with Crippen LogP contribution < -0.4 is 4.90 Å². The van der Waals surface area contributed by atoms with E-state index in [0.717, 1.165) is 5.92 Å². The average Bonchev–Trinajstić information content (AvgIpc) is 3.45. The smallest absolute Gasteiger partial charge is 0.0467 e. The van der Waals surface area contributed by atoms with Crippen molar-refractivity contribution in [3.8, 4) is 11.1 Å². The fourth-order valence-electron chi connectivity index (χ4n) is 11.0. The molecule has 0 aliphatic heterocycles. The highest BCUT2D eigenvalue weighted by Crippen LogP contribution is 2.55. The highest BCUT2D eigenvalue weighted by molar-refractivity contribution is 5.86. The molecule has 4 aliphatic rings. The van der Waals surface area contributed by atoms with Gasteiger partial charge in [0.15, 0.2) is 0 Å².